The second kappa shape index (κ2) is 10.7. The smallest absolute Gasteiger partial charge is 0.191 e. The van der Waals surface area contributed by atoms with Crippen LogP contribution in [0.3, 0.4) is 0 Å². The number of piperazine rings is 1. The number of nitrogens with zero attached hydrogens (tertiary/aromatic N) is 4. The molecule has 6 heteroatoms. The monoisotopic (exact) mass is 380 g/mol. The summed E-state index contributed by atoms with van der Waals surface area (Å²) in [6, 6.07) is 14.7. The quantitative estimate of drug-likeness (QED) is 0.569. The van der Waals surface area contributed by atoms with Gasteiger partial charge in [0.25, 0.3) is 0 Å². The summed E-state index contributed by atoms with van der Waals surface area (Å²) in [4.78, 5) is 14.0. The van der Waals surface area contributed by atoms with E-state index in [1.54, 1.807) is 0 Å². The molecule has 0 amide bonds. The van der Waals surface area contributed by atoms with Crippen molar-refractivity contribution in [2.75, 3.05) is 51.2 Å². The minimum Gasteiger partial charge on any atom is -0.357 e. The summed E-state index contributed by atoms with van der Waals surface area (Å²) >= 11 is 0. The maximum absolute atomic E-state index is 4.75. The third-order valence-corrected chi connectivity index (χ3v) is 4.95. The number of likely N-dealkylation sites (N-methyl/N-ethyl adjacent to an activating group) is 1. The normalized spacial score (nSPS) is 15.5. The first-order chi connectivity index (χ1) is 13.7. The van der Waals surface area contributed by atoms with Gasteiger partial charge in [0.05, 0.1) is 6.54 Å². The second-order valence-electron chi connectivity index (χ2n) is 7.17. The van der Waals surface area contributed by atoms with Crippen LogP contribution in [0.4, 0.5) is 5.82 Å². The van der Waals surface area contributed by atoms with Crippen LogP contribution in [0, 0.1) is 0 Å². The molecule has 1 aromatic heterocycles. The lowest BCUT2D eigenvalue weighted by atomic mass is 10.1. The first kappa shape index (κ1) is 20.1. The molecule has 0 unspecified atom stereocenters. The van der Waals surface area contributed by atoms with Gasteiger partial charge in [-0.1, -0.05) is 30.3 Å². The number of nitrogens with one attached hydrogen (secondary N) is 2. The molecule has 0 bridgehead atoms. The van der Waals surface area contributed by atoms with Gasteiger partial charge in [0.2, 0.25) is 0 Å². The Bertz CT molecular complexity index is 738. The lowest BCUT2D eigenvalue weighted by Gasteiger charge is -2.33. The Kier molecular flexibility index (Phi) is 7.67. The van der Waals surface area contributed by atoms with Crippen LogP contribution in [-0.4, -0.2) is 62.2 Å². The van der Waals surface area contributed by atoms with Crippen LogP contribution >= 0.6 is 0 Å². The fraction of sp³-hybridized carbons (Fsp3) is 0.455. The third kappa shape index (κ3) is 6.23. The molecule has 0 radical (unpaired) electrons. The van der Waals surface area contributed by atoms with Gasteiger partial charge in [-0.05, 0) is 43.7 Å². The molecular weight excluding hydrogens is 348 g/mol. The van der Waals surface area contributed by atoms with Crippen molar-refractivity contribution in [3.8, 4) is 0 Å². The van der Waals surface area contributed by atoms with E-state index in [9.17, 15) is 0 Å². The molecule has 1 aliphatic rings. The van der Waals surface area contributed by atoms with Crippen LogP contribution in [-0.2, 0) is 13.0 Å². The summed E-state index contributed by atoms with van der Waals surface area (Å²) in [6.45, 7) is 8.66. The summed E-state index contributed by atoms with van der Waals surface area (Å²) in [6.07, 6.45) is 2.88. The van der Waals surface area contributed by atoms with Gasteiger partial charge in [-0.2, -0.15) is 0 Å². The number of hydrogen-bond donors (Lipinski definition) is 2. The molecule has 2 heterocycles. The molecule has 0 aliphatic carbocycles. The highest BCUT2D eigenvalue weighted by Gasteiger charge is 2.15. The standard InChI is InChI=1S/C22H32N6/c1-3-23-22(25-12-9-19-7-5-4-6-8-19)26-18-20-10-11-24-21(17-20)28-15-13-27(2)14-16-28/h4-8,10-11,17H,3,9,12-16,18H2,1-2H3,(H2,23,25,26). The molecular formula is C22H32N6. The molecule has 1 aliphatic heterocycles. The van der Waals surface area contributed by atoms with Crippen molar-refractivity contribution in [3.05, 3.63) is 59.8 Å². The average molecular weight is 381 g/mol. The molecule has 1 aromatic carbocycles. The average Bonchev–Trinajstić information content (AvgIpc) is 2.73. The van der Waals surface area contributed by atoms with Gasteiger partial charge in [-0.3, -0.25) is 0 Å². The summed E-state index contributed by atoms with van der Waals surface area (Å²) in [5, 5.41) is 6.76. The van der Waals surface area contributed by atoms with E-state index in [4.69, 9.17) is 4.99 Å². The Morgan fingerprint density at radius 3 is 2.57 bits per heavy atom. The molecule has 150 valence electrons. The van der Waals surface area contributed by atoms with Crippen LogP contribution in [0.2, 0.25) is 0 Å². The number of aromatic nitrogens is 1. The predicted molar refractivity (Wildman–Crippen MR) is 117 cm³/mol. The summed E-state index contributed by atoms with van der Waals surface area (Å²) in [5.41, 5.74) is 2.51. The van der Waals surface area contributed by atoms with Crippen LogP contribution in [0.5, 0.6) is 0 Å². The van der Waals surface area contributed by atoms with Crippen molar-refractivity contribution in [1.82, 2.24) is 20.5 Å². The number of aliphatic imine (C=N–C) groups is 1. The third-order valence-electron chi connectivity index (χ3n) is 4.95. The van der Waals surface area contributed by atoms with E-state index in [0.29, 0.717) is 6.54 Å². The molecule has 0 saturated carbocycles. The number of benzene rings is 1. The zero-order valence-corrected chi connectivity index (χ0v) is 17.1. The van der Waals surface area contributed by atoms with Gasteiger partial charge in [-0.15, -0.1) is 0 Å². The number of hydrogen-bond acceptors (Lipinski definition) is 4. The van der Waals surface area contributed by atoms with E-state index in [1.165, 1.54) is 11.1 Å². The SMILES string of the molecule is CCNC(=NCc1ccnc(N2CCN(C)CC2)c1)NCCc1ccccc1. The van der Waals surface area contributed by atoms with Crippen LogP contribution in [0.15, 0.2) is 53.7 Å². The summed E-state index contributed by atoms with van der Waals surface area (Å²) < 4.78 is 0. The maximum Gasteiger partial charge on any atom is 0.191 e. The zero-order valence-electron chi connectivity index (χ0n) is 17.1. The van der Waals surface area contributed by atoms with Gasteiger partial charge < -0.3 is 20.4 Å². The van der Waals surface area contributed by atoms with Gasteiger partial charge in [0.1, 0.15) is 5.82 Å². The van der Waals surface area contributed by atoms with E-state index in [-0.39, 0.29) is 0 Å². The largest absolute Gasteiger partial charge is 0.357 e. The van der Waals surface area contributed by atoms with Crippen molar-refractivity contribution >= 4 is 11.8 Å². The zero-order chi connectivity index (χ0) is 19.6. The minimum absolute atomic E-state index is 0.643. The van der Waals surface area contributed by atoms with Crippen molar-refractivity contribution < 1.29 is 0 Å². The van der Waals surface area contributed by atoms with Crippen LogP contribution < -0.4 is 15.5 Å². The number of rotatable bonds is 7. The molecule has 6 nitrogen and oxygen atoms in total. The fourth-order valence-corrected chi connectivity index (χ4v) is 3.25. The second-order valence-corrected chi connectivity index (χ2v) is 7.17. The maximum atomic E-state index is 4.75. The van der Waals surface area contributed by atoms with Crippen LogP contribution in [0.1, 0.15) is 18.1 Å². The van der Waals surface area contributed by atoms with Crippen molar-refractivity contribution in [2.24, 2.45) is 4.99 Å². The highest BCUT2D eigenvalue weighted by molar-refractivity contribution is 5.79. The fourth-order valence-electron chi connectivity index (χ4n) is 3.25. The predicted octanol–water partition coefficient (Wildman–Crippen LogP) is 2.13. The lowest BCUT2D eigenvalue weighted by Crippen LogP contribution is -2.44. The van der Waals surface area contributed by atoms with Crippen LogP contribution in [0.25, 0.3) is 0 Å². The molecule has 1 fully saturated rings. The highest BCUT2D eigenvalue weighted by atomic mass is 15.3. The Morgan fingerprint density at radius 2 is 1.82 bits per heavy atom. The van der Waals surface area contributed by atoms with Crippen molar-refractivity contribution in [1.29, 1.82) is 0 Å². The van der Waals surface area contributed by atoms with Crippen molar-refractivity contribution in [2.45, 2.75) is 19.9 Å². The summed E-state index contributed by atoms with van der Waals surface area (Å²) in [5.74, 6) is 1.92. The molecule has 0 atom stereocenters. The van der Waals surface area contributed by atoms with E-state index in [1.807, 2.05) is 12.3 Å². The minimum atomic E-state index is 0.643. The number of anilines is 1. The van der Waals surface area contributed by atoms with Gasteiger partial charge in [0.15, 0.2) is 5.96 Å². The van der Waals surface area contributed by atoms with E-state index in [0.717, 1.165) is 57.5 Å². The topological polar surface area (TPSA) is 55.8 Å². The van der Waals surface area contributed by atoms with Gasteiger partial charge in [-0.25, -0.2) is 9.98 Å². The van der Waals surface area contributed by atoms with E-state index >= 15 is 0 Å². The lowest BCUT2D eigenvalue weighted by molar-refractivity contribution is 0.312. The van der Waals surface area contributed by atoms with Crippen molar-refractivity contribution in [3.63, 3.8) is 0 Å². The van der Waals surface area contributed by atoms with E-state index in [2.05, 4.69) is 75.8 Å². The molecule has 0 spiro atoms. The Morgan fingerprint density at radius 1 is 1.04 bits per heavy atom. The first-order valence-electron chi connectivity index (χ1n) is 10.2. The molecule has 1 saturated heterocycles. The Labute approximate surface area is 168 Å². The van der Waals surface area contributed by atoms with Gasteiger partial charge >= 0.3 is 0 Å². The summed E-state index contributed by atoms with van der Waals surface area (Å²) in [7, 11) is 2.17. The Hall–Kier alpha value is -2.60. The number of pyridine rings is 1. The molecule has 28 heavy (non-hydrogen) atoms. The molecule has 3 rings (SSSR count). The van der Waals surface area contributed by atoms with E-state index < -0.39 is 0 Å². The number of guanidine groups is 1. The molecule has 2 N–H and O–H groups in total. The van der Waals surface area contributed by atoms with Gasteiger partial charge in [0, 0.05) is 45.5 Å². The Balaban J connectivity index is 1.55. The molecule has 2 aromatic rings. The highest BCUT2D eigenvalue weighted by Crippen LogP contribution is 2.15. The first-order valence-corrected chi connectivity index (χ1v) is 10.2.